The van der Waals surface area contributed by atoms with Gasteiger partial charge < -0.3 is 0 Å². The number of aryl methyl sites for hydroxylation is 6. The molecule has 5 aromatic carbocycles. The molecule has 12 aliphatic rings. The maximum atomic E-state index is 14.8. The molecule has 0 aliphatic heterocycles. The van der Waals surface area contributed by atoms with Crippen LogP contribution in [0.1, 0.15) is 342 Å². The minimum Gasteiger partial charge on any atom is -0.294 e. The Morgan fingerprint density at radius 1 is 0.313 bits per heavy atom. The van der Waals surface area contributed by atoms with E-state index in [0.717, 1.165) is 182 Å². The number of rotatable bonds is 6. The minimum absolute atomic E-state index is 0.0241. The Morgan fingerprint density at radius 2 is 0.592 bits per heavy atom. The van der Waals surface area contributed by atoms with Gasteiger partial charge in [0.05, 0.1) is 45.1 Å². The molecular weight excluding hydrogens is 1840 g/mol. The average molecular weight is 1980 g/mol. The number of carbonyl (C=O) groups is 6. The number of hydrogen-bond donors (Lipinski definition) is 6. The van der Waals surface area contributed by atoms with Crippen LogP contribution in [0, 0.1) is 79.8 Å². The maximum Gasteiger partial charge on any atom is 0.416 e. The summed E-state index contributed by atoms with van der Waals surface area (Å²) in [7, 11) is 0. The van der Waals surface area contributed by atoms with Crippen LogP contribution in [-0.4, -0.2) is 101 Å². The van der Waals surface area contributed by atoms with Crippen molar-refractivity contribution in [1.29, 1.82) is 0 Å². The van der Waals surface area contributed by atoms with Crippen molar-refractivity contribution in [2.45, 2.75) is 308 Å². The molecule has 762 valence electrons. The number of alkyl halides is 3. The molecular formula is C124H137F4N13O6. The first-order chi connectivity index (χ1) is 69.6. The number of aromatic amines is 6. The summed E-state index contributed by atoms with van der Waals surface area (Å²) in [6.07, 6.45) is 10.6. The van der Waals surface area contributed by atoms with Crippen molar-refractivity contribution in [3.8, 4) is 0 Å². The van der Waals surface area contributed by atoms with Crippen LogP contribution < -0.4 is 0 Å². The van der Waals surface area contributed by atoms with Gasteiger partial charge in [-0.1, -0.05) is 256 Å². The summed E-state index contributed by atoms with van der Waals surface area (Å²) in [5, 5.41) is 45.4. The highest BCUT2D eigenvalue weighted by molar-refractivity contribution is 6.06. The highest BCUT2D eigenvalue weighted by atomic mass is 19.4. The normalized spacial score (nSPS) is 24.9. The van der Waals surface area contributed by atoms with Crippen molar-refractivity contribution in [2.24, 2.45) is 32.5 Å². The summed E-state index contributed by atoms with van der Waals surface area (Å²) in [4.78, 5) is 82.8. The number of nitrogens with one attached hydrogen (secondary N) is 6. The van der Waals surface area contributed by atoms with Crippen LogP contribution in [0.15, 0.2) is 231 Å². The quantitative estimate of drug-likeness (QED) is 0.0846. The molecule has 0 saturated carbocycles. The lowest BCUT2D eigenvalue weighted by Crippen LogP contribution is -2.41. The van der Waals surface area contributed by atoms with Crippen molar-refractivity contribution in [1.82, 2.24) is 66.2 Å². The number of ketones is 6. The van der Waals surface area contributed by atoms with Gasteiger partial charge in [0.1, 0.15) is 5.82 Å². The van der Waals surface area contributed by atoms with Crippen molar-refractivity contribution in [3.63, 3.8) is 0 Å². The van der Waals surface area contributed by atoms with Crippen LogP contribution in [-0.2, 0) is 95.1 Å². The number of fused-ring (bicyclic) bond motifs is 6. The first-order valence-electron chi connectivity index (χ1n) is 52.4. The number of hydrogen-bond acceptors (Lipinski definition) is 13. The Hall–Kier alpha value is -13.3. The third-order valence-corrected chi connectivity index (χ3v) is 33.4. The SMILES string of the molecule is Cc1[nH]nc2c1C(C)(c1ccccc1)C1=C(C2)CC(C)(C)CC1=O.Cc1[nH]nc2c1C(C)(c1ccccc1)C1=C(C2)CC(C)(C)CC1=O.Cc1[nH]nc2c1C(C)(c1ccccc1F)C1=C(C2)CC(C)(C)CC1=O.Cc1[nH]nc2c1C(c1cnccc1C(F)(F)F)C1=C(C2)CC(C)(C)CC1=O.Cc1[nH]nc2c1[C@](C)(c1ccccc1)C1=C(C2)CC(C)(C)CC1=O.[2H]C1(c2ccccc2)C2=C(Cc3n[nH]c(C)c31)CC(C)(C)CC2=O. The molecule has 0 fully saturated rings. The summed E-state index contributed by atoms with van der Waals surface area (Å²) in [6, 6.07) is 48.8. The summed E-state index contributed by atoms with van der Waals surface area (Å²) in [5.41, 5.74) is 31.6. The van der Waals surface area contributed by atoms with E-state index < -0.39 is 45.2 Å². The zero-order chi connectivity index (χ0) is 106. The molecule has 6 N–H and O–H groups in total. The standard InChI is InChI=1S/C21H23FN2O.3C21H24N2O.C20H20F3N3O.C20H22N2O/c1-12-18-16(24-23-12)9-13-10-20(2,3)11-17(25)19(13)21(18,4)14-7-5-6-8-15(14)22;3*1-13-18-16(23-22-13)10-14-11-20(2,3)12-17(24)19(14)21(18,4)15-8-6-5-7-9-15;1-10-16-14(26-25-10)6-11-7-19(2,3)8-15(27)17(11)18(16)12-9-24-5-4-13(12)20(21,22)23;1-12-17-15(22-21-12)9-14-10-20(2,3)11-16(23)18(14)19(17)13-7-5-4-6-8-13/h5-8H,9-11H2,1-4H3,(H,23,24);3*5-9H,10-12H2,1-4H3,(H,22,23);4-5,9,18H,6-8H2,1-3H3,(H,25,26);4-8,19H,9-11H2,1-3H3,(H,21,22)/t;21-;;;;/m.0..../s1/i;;;;;19D. The average Bonchev–Trinajstić information content (AvgIpc) is 1.41. The zero-order valence-electron chi connectivity index (χ0n) is 90.0. The highest BCUT2D eigenvalue weighted by Crippen LogP contribution is 2.61. The van der Waals surface area contributed by atoms with Gasteiger partial charge in [0.15, 0.2) is 34.7 Å². The Labute approximate surface area is 860 Å². The van der Waals surface area contributed by atoms with Crippen LogP contribution in [0.5, 0.6) is 0 Å². The molecule has 0 saturated heterocycles. The molecule has 19 nitrogen and oxygen atoms in total. The van der Waals surface area contributed by atoms with E-state index in [9.17, 15) is 47.7 Å². The van der Waals surface area contributed by atoms with Gasteiger partial charge in [0.2, 0.25) is 0 Å². The van der Waals surface area contributed by atoms with Crippen molar-refractivity contribution < 1.29 is 47.7 Å². The molecule has 12 aromatic rings. The van der Waals surface area contributed by atoms with Crippen LogP contribution >= 0.6 is 0 Å². The Bertz CT molecular complexity index is 7060. The molecule has 5 unspecified atom stereocenters. The predicted molar refractivity (Wildman–Crippen MR) is 563 cm³/mol. The molecule has 7 aromatic heterocycles. The minimum atomic E-state index is -4.52. The van der Waals surface area contributed by atoms with E-state index in [2.05, 4.69) is 250 Å². The topological polar surface area (TPSA) is 287 Å². The van der Waals surface area contributed by atoms with Gasteiger partial charge in [-0.25, -0.2) is 4.39 Å². The number of allylic oxidation sites excluding steroid dienone is 12. The van der Waals surface area contributed by atoms with E-state index in [1.54, 1.807) is 19.1 Å². The number of halogens is 4. The third kappa shape index (κ3) is 18.2. The predicted octanol–water partition coefficient (Wildman–Crippen LogP) is 25.8. The molecule has 24 rings (SSSR count). The van der Waals surface area contributed by atoms with Crippen LogP contribution in [0.25, 0.3) is 0 Å². The van der Waals surface area contributed by atoms with E-state index >= 15 is 0 Å². The Balaban J connectivity index is 0.000000112. The van der Waals surface area contributed by atoms with Crippen LogP contribution in [0.4, 0.5) is 17.6 Å². The third-order valence-electron chi connectivity index (χ3n) is 33.4. The van der Waals surface area contributed by atoms with Crippen molar-refractivity contribution in [2.75, 3.05) is 0 Å². The lowest BCUT2D eigenvalue weighted by Gasteiger charge is -2.43. The molecule has 147 heavy (non-hydrogen) atoms. The van der Waals surface area contributed by atoms with Crippen molar-refractivity contribution in [3.05, 3.63) is 377 Å². The molecule has 23 heteroatoms. The summed E-state index contributed by atoms with van der Waals surface area (Å²) < 4.78 is 65.4. The summed E-state index contributed by atoms with van der Waals surface area (Å²) in [6.45, 7) is 46.2. The smallest absolute Gasteiger partial charge is 0.294 e. The number of Topliss-reactive ketones (excluding diaryl/α,β-unsaturated/α-hetero) is 6. The van der Waals surface area contributed by atoms with Gasteiger partial charge in [-0.3, -0.25) is 64.3 Å². The van der Waals surface area contributed by atoms with E-state index in [0.29, 0.717) is 110 Å². The monoisotopic (exact) mass is 1980 g/mol. The van der Waals surface area contributed by atoms with E-state index in [1.165, 1.54) is 62.4 Å². The Kier molecular flexibility index (Phi) is 25.6. The number of benzene rings is 5. The lowest BCUT2D eigenvalue weighted by atomic mass is 9.58. The first-order valence-corrected chi connectivity index (χ1v) is 51.9. The van der Waals surface area contributed by atoms with Crippen molar-refractivity contribution >= 4 is 34.7 Å². The fraction of sp³-hybridized carbons (Fsp3) is 0.427. The van der Waals surface area contributed by atoms with Gasteiger partial charge in [-0.05, 0) is 180 Å². The van der Waals surface area contributed by atoms with Gasteiger partial charge in [-0.2, -0.15) is 43.8 Å². The molecule has 6 atom stereocenters. The number of nitrogens with zero attached hydrogens (tertiary/aromatic N) is 7. The molecule has 12 aliphatic carbocycles. The molecule has 0 spiro atoms. The van der Waals surface area contributed by atoms with Gasteiger partial charge in [0.25, 0.3) is 0 Å². The second-order valence-electron chi connectivity index (χ2n) is 48.9. The Morgan fingerprint density at radius 3 is 0.952 bits per heavy atom. The number of carbonyl (C=O) groups excluding carboxylic acids is 6. The van der Waals surface area contributed by atoms with Gasteiger partial charge in [0, 0.05) is 225 Å². The van der Waals surface area contributed by atoms with E-state index in [4.69, 9.17) is 0 Å². The number of H-pyrrole nitrogens is 6. The highest BCUT2D eigenvalue weighted by Gasteiger charge is 2.56. The first kappa shape index (κ1) is 101. The second kappa shape index (κ2) is 37.2. The van der Waals surface area contributed by atoms with E-state index in [1.807, 2.05) is 89.2 Å². The second-order valence-corrected chi connectivity index (χ2v) is 48.9. The summed E-state index contributed by atoms with van der Waals surface area (Å²) in [5.74, 6) is -1.12. The van der Waals surface area contributed by atoms with Gasteiger partial charge in [-0.15, -0.1) is 0 Å². The van der Waals surface area contributed by atoms with Crippen LogP contribution in [0.2, 0.25) is 0 Å². The summed E-state index contributed by atoms with van der Waals surface area (Å²) >= 11 is 0. The molecule has 0 amide bonds. The zero-order valence-corrected chi connectivity index (χ0v) is 89.0. The fourth-order valence-electron chi connectivity index (χ4n) is 28.3. The largest absolute Gasteiger partial charge is 0.416 e. The number of aromatic nitrogens is 13. The lowest BCUT2D eigenvalue weighted by molar-refractivity contribution is -0.138. The maximum absolute atomic E-state index is 14.8. The molecule has 0 bridgehead atoms. The number of pyridine rings is 1. The molecule has 7 heterocycles. The van der Waals surface area contributed by atoms with Crippen LogP contribution in [0.3, 0.4) is 0 Å². The molecule has 0 radical (unpaired) electrons. The van der Waals surface area contributed by atoms with Gasteiger partial charge >= 0.3 is 6.18 Å². The fourth-order valence-corrected chi connectivity index (χ4v) is 28.3. The van der Waals surface area contributed by atoms with E-state index in [-0.39, 0.29) is 61.2 Å².